The van der Waals surface area contributed by atoms with Crippen LogP contribution in [0.25, 0.3) is 66.1 Å². The Kier molecular flexibility index (Phi) is 18.8. The average Bonchev–Trinajstić information content (AvgIpc) is 3.30. The van der Waals surface area contributed by atoms with Crippen LogP contribution >= 0.6 is 15.9 Å². The van der Waals surface area contributed by atoms with E-state index >= 15 is 0 Å². The van der Waals surface area contributed by atoms with Crippen molar-refractivity contribution < 1.29 is 19.5 Å². The van der Waals surface area contributed by atoms with Crippen LogP contribution in [0.15, 0.2) is 126 Å². The minimum absolute atomic E-state index is 0. The zero-order valence-corrected chi connectivity index (χ0v) is 40.0. The largest absolute Gasteiger partial charge is 2.00 e. The van der Waals surface area contributed by atoms with Crippen molar-refractivity contribution in [2.45, 2.75) is 12.8 Å². The minimum Gasteiger partial charge on any atom is -0.512 e. The molecule has 0 aliphatic rings. The summed E-state index contributed by atoms with van der Waals surface area (Å²) in [6.45, 7) is 13.2. The Bertz CT molecular complexity index is 2810. The van der Waals surface area contributed by atoms with Gasteiger partial charge in [0.15, 0.2) is 11.6 Å². The number of nitrogens with zero attached hydrogens (tertiary/aromatic N) is 9. The van der Waals surface area contributed by atoms with Crippen molar-refractivity contribution in [3.63, 3.8) is 0 Å². The van der Waals surface area contributed by atoms with E-state index in [1.807, 2.05) is 42.5 Å². The van der Waals surface area contributed by atoms with E-state index in [-0.39, 0.29) is 19.5 Å². The predicted molar refractivity (Wildman–Crippen MR) is 251 cm³/mol. The van der Waals surface area contributed by atoms with Gasteiger partial charge < -0.3 is 44.1 Å². The van der Waals surface area contributed by atoms with Crippen LogP contribution in [0, 0.1) is 35.0 Å². The van der Waals surface area contributed by atoms with Crippen LogP contribution in [0.4, 0.5) is 11.6 Å². The fourth-order valence-electron chi connectivity index (χ4n) is 6.75. The van der Waals surface area contributed by atoms with Crippen molar-refractivity contribution in [2.24, 2.45) is 0 Å². The molecule has 8 rings (SSSR count). The molecule has 6 aromatic carbocycles. The van der Waals surface area contributed by atoms with Gasteiger partial charge >= 0.3 is 19.5 Å². The SMILES string of the molecule is CN(C)CCCNc1nc(-c2ccc3ccccc3c2)nc2c(Br)cccc12.CN(C)CCCNc1nc(-c2ccc3ccccc3c2)nc2c(C#N)cccc12.[C-]#N.[C-]#N.[Zn+2]. The molecule has 13 heteroatoms. The number of benzene rings is 6. The van der Waals surface area contributed by atoms with Gasteiger partial charge in [0.25, 0.3) is 0 Å². The van der Waals surface area contributed by atoms with Gasteiger partial charge in [-0.05, 0) is 128 Å². The molecule has 0 radical (unpaired) electrons. The molecule has 0 fully saturated rings. The Morgan fingerprint density at radius 2 is 0.984 bits per heavy atom. The van der Waals surface area contributed by atoms with E-state index in [1.54, 1.807) is 6.07 Å². The normalized spacial score (nSPS) is 10.4. The first kappa shape index (κ1) is 48.3. The van der Waals surface area contributed by atoms with E-state index in [1.165, 1.54) is 16.2 Å². The van der Waals surface area contributed by atoms with Gasteiger partial charge in [-0.2, -0.15) is 5.26 Å². The summed E-state index contributed by atoms with van der Waals surface area (Å²) in [5.41, 5.74) is 4.13. The molecule has 8 aromatic rings. The monoisotopic (exact) mass is 931 g/mol. The fourth-order valence-corrected chi connectivity index (χ4v) is 7.20. The second kappa shape index (κ2) is 24.2. The van der Waals surface area contributed by atoms with Crippen LogP contribution in [0.3, 0.4) is 0 Å². The molecule has 0 spiro atoms. The number of hydrogen-bond donors (Lipinski definition) is 2. The summed E-state index contributed by atoms with van der Waals surface area (Å²) in [6.07, 6.45) is 2.06. The molecule has 2 heterocycles. The van der Waals surface area contributed by atoms with Gasteiger partial charge in [-0.3, -0.25) is 0 Å². The molecule has 2 N–H and O–H groups in total. The third kappa shape index (κ3) is 12.4. The van der Waals surface area contributed by atoms with E-state index in [0.717, 1.165) is 93.8 Å². The van der Waals surface area contributed by atoms with Crippen molar-refractivity contribution in [1.82, 2.24) is 29.7 Å². The number of anilines is 2. The molecular weight excluding hydrogens is 888 g/mol. The second-order valence-corrected chi connectivity index (χ2v) is 15.4. The third-order valence-corrected chi connectivity index (χ3v) is 10.3. The Hall–Kier alpha value is -6.39. The molecule has 0 aliphatic heterocycles. The Balaban J connectivity index is 0.000000249. The Morgan fingerprint density at radius 3 is 1.45 bits per heavy atom. The topological polar surface area (TPSA) is 153 Å². The molecule has 0 saturated heterocycles. The van der Waals surface area contributed by atoms with Gasteiger partial charge in [0.05, 0.1) is 16.6 Å². The summed E-state index contributed by atoms with van der Waals surface area (Å²) in [5, 5.41) is 35.7. The van der Waals surface area contributed by atoms with Gasteiger partial charge in [0, 0.05) is 39.5 Å². The summed E-state index contributed by atoms with van der Waals surface area (Å²) >= 11 is 3.65. The number of para-hydroxylation sites is 2. The summed E-state index contributed by atoms with van der Waals surface area (Å²) in [5.74, 6) is 3.02. The fraction of sp³-hybridized carbons (Fsp3) is 0.204. The molecule has 0 saturated carbocycles. The Morgan fingerprint density at radius 1 is 0.548 bits per heavy atom. The molecule has 0 bridgehead atoms. The zero-order valence-electron chi connectivity index (χ0n) is 35.4. The number of halogens is 1. The quantitative estimate of drug-likeness (QED) is 0.0684. The maximum absolute atomic E-state index is 9.57. The summed E-state index contributed by atoms with van der Waals surface area (Å²) < 4.78 is 0.978. The molecule has 11 nitrogen and oxygen atoms in total. The first-order valence-corrected chi connectivity index (χ1v) is 20.4. The van der Waals surface area contributed by atoms with Crippen LogP contribution in [-0.2, 0) is 19.5 Å². The van der Waals surface area contributed by atoms with Crippen LogP contribution < -0.4 is 10.6 Å². The van der Waals surface area contributed by atoms with E-state index in [2.05, 4.69) is 143 Å². The minimum atomic E-state index is 0. The van der Waals surface area contributed by atoms with Gasteiger partial charge in [-0.15, -0.1) is 0 Å². The first-order valence-electron chi connectivity index (χ1n) is 19.6. The zero-order chi connectivity index (χ0) is 43.7. The number of aromatic nitrogens is 4. The van der Waals surface area contributed by atoms with Crippen molar-refractivity contribution in [3.05, 3.63) is 145 Å². The van der Waals surface area contributed by atoms with Gasteiger partial charge in [-0.25, -0.2) is 19.9 Å². The number of nitrogens with one attached hydrogen (secondary N) is 2. The maximum atomic E-state index is 9.57. The van der Waals surface area contributed by atoms with Crippen LogP contribution in [0.1, 0.15) is 18.4 Å². The van der Waals surface area contributed by atoms with Crippen molar-refractivity contribution in [2.75, 3.05) is 65.0 Å². The van der Waals surface area contributed by atoms with Gasteiger partial charge in [0.2, 0.25) is 0 Å². The van der Waals surface area contributed by atoms with Crippen molar-refractivity contribution in [3.8, 4) is 28.8 Å². The number of hydrogen-bond acceptors (Lipinski definition) is 11. The van der Waals surface area contributed by atoms with E-state index < -0.39 is 0 Å². The molecule has 62 heavy (non-hydrogen) atoms. The molecule has 0 atom stereocenters. The van der Waals surface area contributed by atoms with E-state index in [9.17, 15) is 5.26 Å². The number of rotatable bonds is 12. The van der Waals surface area contributed by atoms with Crippen LogP contribution in [0.2, 0.25) is 0 Å². The summed E-state index contributed by atoms with van der Waals surface area (Å²) in [7, 11) is 8.32. The van der Waals surface area contributed by atoms with Gasteiger partial charge in [0.1, 0.15) is 17.7 Å². The predicted octanol–water partition coefficient (Wildman–Crippen LogP) is 10.5. The molecule has 0 unspecified atom stereocenters. The maximum Gasteiger partial charge on any atom is 2.00 e. The summed E-state index contributed by atoms with van der Waals surface area (Å²) in [6, 6.07) is 43.2. The van der Waals surface area contributed by atoms with E-state index in [0.29, 0.717) is 16.9 Å². The van der Waals surface area contributed by atoms with Crippen molar-refractivity contribution in [1.29, 1.82) is 15.8 Å². The molecule has 306 valence electrons. The third-order valence-electron chi connectivity index (χ3n) is 9.69. The first-order chi connectivity index (χ1) is 29.8. The van der Waals surface area contributed by atoms with Crippen LogP contribution in [0.5, 0.6) is 0 Å². The molecular formula is C49H46BrN11Zn. The number of nitriles is 1. The standard InChI is InChI=1S/C24H23N5.C23H23BrN4.2CN.Zn/c1-29(2)14-6-13-26-24-21-10-5-9-20(16-25)22(21)27-23(28-24)19-12-11-17-7-3-4-8-18(17)15-19;1-28(2)14-6-13-25-23-19-9-5-10-20(24)21(19)26-22(27-23)18-12-11-16-7-3-4-8-17(16)15-18;2*1-2;/h3-5,7-12,15H,6,13-14H2,1-2H3,(H,26,27,28);3-5,7-12,15H,6,13-14H2,1-2H3,(H,25,26,27);;;/q;;2*-1;+2. The molecule has 0 aliphatic carbocycles. The van der Waals surface area contributed by atoms with E-state index in [4.69, 9.17) is 43.6 Å². The smallest absolute Gasteiger partial charge is 0.512 e. The molecule has 2 aromatic heterocycles. The number of fused-ring (bicyclic) bond motifs is 4. The second-order valence-electron chi connectivity index (χ2n) is 14.5. The summed E-state index contributed by atoms with van der Waals surface area (Å²) in [4.78, 5) is 23.7. The average molecular weight is 934 g/mol. The van der Waals surface area contributed by atoms with Gasteiger partial charge in [-0.1, -0.05) is 84.9 Å². The Labute approximate surface area is 385 Å². The molecule has 0 amide bonds. The van der Waals surface area contributed by atoms with Crippen molar-refractivity contribution >= 4 is 70.9 Å². The van der Waals surface area contributed by atoms with Crippen LogP contribution in [-0.4, -0.2) is 84.1 Å².